The van der Waals surface area contributed by atoms with Gasteiger partial charge in [0.15, 0.2) is 17.5 Å². The Morgan fingerprint density at radius 1 is 1.11 bits per heavy atom. The number of guanidine groups is 1. The van der Waals surface area contributed by atoms with Crippen molar-refractivity contribution in [3.63, 3.8) is 0 Å². The van der Waals surface area contributed by atoms with Crippen molar-refractivity contribution in [1.82, 2.24) is 10.6 Å². The van der Waals surface area contributed by atoms with Crippen molar-refractivity contribution in [2.45, 2.75) is 19.9 Å². The number of hydrogen-bond donors (Lipinski definition) is 3. The van der Waals surface area contributed by atoms with Crippen LogP contribution < -0.4 is 20.1 Å². The van der Waals surface area contributed by atoms with Crippen LogP contribution in [0, 0.1) is 0 Å². The highest BCUT2D eigenvalue weighted by Gasteiger charge is 2.07. The molecule has 0 atom stereocenters. The van der Waals surface area contributed by atoms with Crippen molar-refractivity contribution in [2.75, 3.05) is 27.3 Å². The van der Waals surface area contributed by atoms with E-state index in [9.17, 15) is 5.11 Å². The SMILES string of the molecule is CCNC(=NCc1cccc(OC)c1O)NCCc1ccc(OC)cc1Cl. The van der Waals surface area contributed by atoms with Crippen LogP contribution in [0.15, 0.2) is 41.4 Å². The summed E-state index contributed by atoms with van der Waals surface area (Å²) in [4.78, 5) is 4.53. The minimum atomic E-state index is 0.115. The van der Waals surface area contributed by atoms with Crippen molar-refractivity contribution < 1.29 is 14.6 Å². The maximum atomic E-state index is 10.2. The summed E-state index contributed by atoms with van der Waals surface area (Å²) in [6, 6.07) is 11.0. The largest absolute Gasteiger partial charge is 0.504 e. The first-order valence-corrected chi connectivity index (χ1v) is 9.16. The topological polar surface area (TPSA) is 75.1 Å². The second-order valence-electron chi connectivity index (χ2n) is 5.80. The van der Waals surface area contributed by atoms with E-state index in [-0.39, 0.29) is 5.75 Å². The fourth-order valence-electron chi connectivity index (χ4n) is 2.54. The third kappa shape index (κ3) is 5.96. The number of hydrogen-bond acceptors (Lipinski definition) is 4. The number of halogens is 1. The molecule has 3 N–H and O–H groups in total. The molecule has 6 nitrogen and oxygen atoms in total. The summed E-state index contributed by atoms with van der Waals surface area (Å²) in [5.41, 5.74) is 1.73. The first-order valence-electron chi connectivity index (χ1n) is 8.78. The van der Waals surface area contributed by atoms with Crippen LogP contribution in [0.5, 0.6) is 17.2 Å². The van der Waals surface area contributed by atoms with Gasteiger partial charge in [0.25, 0.3) is 0 Å². The van der Waals surface area contributed by atoms with E-state index in [4.69, 9.17) is 21.1 Å². The number of rotatable bonds is 8. The third-order valence-corrected chi connectivity index (χ3v) is 4.35. The molecule has 0 spiro atoms. The summed E-state index contributed by atoms with van der Waals surface area (Å²) in [6.45, 7) is 3.74. The Labute approximate surface area is 165 Å². The molecule has 0 saturated heterocycles. The molecule has 7 heteroatoms. The third-order valence-electron chi connectivity index (χ3n) is 4.00. The maximum Gasteiger partial charge on any atom is 0.191 e. The van der Waals surface area contributed by atoms with Crippen molar-refractivity contribution in [1.29, 1.82) is 0 Å². The van der Waals surface area contributed by atoms with Crippen LogP contribution in [-0.4, -0.2) is 38.4 Å². The number of para-hydroxylation sites is 1. The van der Waals surface area contributed by atoms with Crippen LogP contribution >= 0.6 is 11.6 Å². The lowest BCUT2D eigenvalue weighted by Crippen LogP contribution is -2.38. The lowest BCUT2D eigenvalue weighted by Gasteiger charge is -2.13. The van der Waals surface area contributed by atoms with Gasteiger partial charge in [-0.1, -0.05) is 29.8 Å². The van der Waals surface area contributed by atoms with Gasteiger partial charge in [0, 0.05) is 23.7 Å². The zero-order valence-electron chi connectivity index (χ0n) is 15.9. The van der Waals surface area contributed by atoms with Gasteiger partial charge in [-0.2, -0.15) is 0 Å². The minimum absolute atomic E-state index is 0.115. The second kappa shape index (κ2) is 10.5. The highest BCUT2D eigenvalue weighted by atomic mass is 35.5. The summed E-state index contributed by atoms with van der Waals surface area (Å²) >= 11 is 6.28. The first-order chi connectivity index (χ1) is 13.1. The predicted octanol–water partition coefficient (Wildman–Crippen LogP) is 3.36. The average molecular weight is 392 g/mol. The molecular formula is C20H26ClN3O3. The molecule has 146 valence electrons. The lowest BCUT2D eigenvalue weighted by atomic mass is 10.1. The van der Waals surface area contributed by atoms with Crippen molar-refractivity contribution in [3.05, 3.63) is 52.5 Å². The molecule has 27 heavy (non-hydrogen) atoms. The summed E-state index contributed by atoms with van der Waals surface area (Å²) < 4.78 is 10.3. The van der Waals surface area contributed by atoms with E-state index < -0.39 is 0 Å². The fourth-order valence-corrected chi connectivity index (χ4v) is 2.80. The molecule has 0 aliphatic rings. The molecule has 2 aromatic rings. The van der Waals surface area contributed by atoms with Crippen LogP contribution in [0.1, 0.15) is 18.1 Å². The van der Waals surface area contributed by atoms with E-state index in [0.717, 1.165) is 24.3 Å². The van der Waals surface area contributed by atoms with E-state index in [0.29, 0.717) is 35.4 Å². The second-order valence-corrected chi connectivity index (χ2v) is 6.20. The van der Waals surface area contributed by atoms with E-state index in [1.54, 1.807) is 13.2 Å². The Bertz CT molecular complexity index is 781. The van der Waals surface area contributed by atoms with Gasteiger partial charge >= 0.3 is 0 Å². The predicted molar refractivity (Wildman–Crippen MR) is 109 cm³/mol. The molecule has 0 aliphatic carbocycles. The van der Waals surface area contributed by atoms with Gasteiger partial charge in [0.05, 0.1) is 20.8 Å². The molecule has 2 rings (SSSR count). The molecular weight excluding hydrogens is 366 g/mol. The summed E-state index contributed by atoms with van der Waals surface area (Å²) in [7, 11) is 3.14. The number of aromatic hydroxyl groups is 1. The first kappa shape index (κ1) is 20.7. The smallest absolute Gasteiger partial charge is 0.191 e. The number of phenolic OH excluding ortho intramolecular Hbond substituents is 1. The number of aliphatic imine (C=N–C) groups is 1. The highest BCUT2D eigenvalue weighted by Crippen LogP contribution is 2.29. The van der Waals surface area contributed by atoms with Gasteiger partial charge in [0.1, 0.15) is 5.75 Å². The lowest BCUT2D eigenvalue weighted by molar-refractivity contribution is 0.370. The van der Waals surface area contributed by atoms with Crippen LogP contribution in [0.2, 0.25) is 5.02 Å². The summed E-state index contributed by atoms with van der Waals surface area (Å²) in [6.07, 6.45) is 0.748. The van der Waals surface area contributed by atoms with E-state index in [2.05, 4.69) is 15.6 Å². The van der Waals surface area contributed by atoms with Gasteiger partial charge in [-0.05, 0) is 37.1 Å². The Kier molecular flexibility index (Phi) is 8.07. The average Bonchev–Trinajstić information content (AvgIpc) is 2.68. The molecule has 0 aliphatic heterocycles. The molecule has 0 bridgehead atoms. The molecule has 0 unspecified atom stereocenters. The Hall–Kier alpha value is -2.60. The molecule has 0 radical (unpaired) electrons. The van der Waals surface area contributed by atoms with Crippen LogP contribution in [0.25, 0.3) is 0 Å². The fraction of sp³-hybridized carbons (Fsp3) is 0.350. The molecule has 0 heterocycles. The van der Waals surface area contributed by atoms with Crippen molar-refractivity contribution in [2.24, 2.45) is 4.99 Å². The number of ether oxygens (including phenoxy) is 2. The Balaban J connectivity index is 1.98. The van der Waals surface area contributed by atoms with Gasteiger partial charge in [-0.25, -0.2) is 4.99 Å². The molecule has 0 amide bonds. The van der Waals surface area contributed by atoms with Crippen molar-refractivity contribution in [3.8, 4) is 17.2 Å². The summed E-state index contributed by atoms with van der Waals surface area (Å²) in [5.74, 6) is 1.97. The zero-order valence-corrected chi connectivity index (χ0v) is 16.6. The van der Waals surface area contributed by atoms with Crippen LogP contribution in [-0.2, 0) is 13.0 Å². The van der Waals surface area contributed by atoms with Gasteiger partial charge in [-0.15, -0.1) is 0 Å². The van der Waals surface area contributed by atoms with Crippen LogP contribution in [0.3, 0.4) is 0 Å². The number of nitrogens with one attached hydrogen (secondary N) is 2. The highest BCUT2D eigenvalue weighted by molar-refractivity contribution is 6.31. The number of nitrogens with zero attached hydrogens (tertiary/aromatic N) is 1. The number of phenols is 1. The maximum absolute atomic E-state index is 10.2. The van der Waals surface area contributed by atoms with Crippen molar-refractivity contribution >= 4 is 17.6 Å². The standard InChI is InChI=1S/C20H26ClN3O3/c1-4-22-20(24-13-15-6-5-7-18(27-3)19(15)25)23-11-10-14-8-9-16(26-2)12-17(14)21/h5-9,12,25H,4,10-11,13H2,1-3H3,(H2,22,23,24). The minimum Gasteiger partial charge on any atom is -0.504 e. The van der Waals surface area contributed by atoms with Gasteiger partial charge in [-0.3, -0.25) is 0 Å². The number of benzene rings is 2. The van der Waals surface area contributed by atoms with Gasteiger partial charge in [0.2, 0.25) is 0 Å². The number of methoxy groups -OCH3 is 2. The molecule has 0 fully saturated rings. The Morgan fingerprint density at radius 3 is 2.59 bits per heavy atom. The summed E-state index contributed by atoms with van der Waals surface area (Å²) in [5, 5.41) is 17.3. The molecule has 0 aromatic heterocycles. The zero-order chi connectivity index (χ0) is 19.6. The van der Waals surface area contributed by atoms with E-state index in [1.807, 2.05) is 37.3 Å². The monoisotopic (exact) mass is 391 g/mol. The van der Waals surface area contributed by atoms with Gasteiger partial charge < -0.3 is 25.2 Å². The Morgan fingerprint density at radius 2 is 1.93 bits per heavy atom. The quantitative estimate of drug-likeness (QED) is 0.475. The van der Waals surface area contributed by atoms with Crippen LogP contribution in [0.4, 0.5) is 0 Å². The molecule has 2 aromatic carbocycles. The molecule has 0 saturated carbocycles. The normalized spacial score (nSPS) is 11.2. The van der Waals surface area contributed by atoms with E-state index >= 15 is 0 Å². The van der Waals surface area contributed by atoms with E-state index in [1.165, 1.54) is 7.11 Å².